The molecule has 0 saturated heterocycles. The Morgan fingerprint density at radius 3 is 2.14 bits per heavy atom. The number of nitrogens with zero attached hydrogens (tertiary/aromatic N) is 3. The molecule has 0 unspecified atom stereocenters. The summed E-state index contributed by atoms with van der Waals surface area (Å²) in [6.45, 7) is 2.85. The monoisotopic (exact) mass is 507 g/mol. The van der Waals surface area contributed by atoms with Gasteiger partial charge in [-0.05, 0) is 54.6 Å². The van der Waals surface area contributed by atoms with Crippen molar-refractivity contribution >= 4 is 34.2 Å². The molecule has 3 rings (SSSR count). The number of aliphatic hydroxyl groups excluding tert-OH is 2. The minimum Gasteiger partial charge on any atom is -0.397 e. The molecule has 6 N–H and O–H groups in total. The fraction of sp³-hybridized carbons (Fsp3) is 0.357. The Morgan fingerprint density at radius 1 is 0.919 bits per heavy atom. The van der Waals surface area contributed by atoms with Gasteiger partial charge in [-0.3, -0.25) is 4.79 Å². The third-order valence-corrected chi connectivity index (χ3v) is 5.83. The third kappa shape index (κ3) is 8.75. The van der Waals surface area contributed by atoms with Gasteiger partial charge in [0.25, 0.3) is 0 Å². The SMILES string of the molecule is C[N+](C)(C)CCCNc1ccc(NC2=C/C(=N\c3ccc(N(CCO)CCO)cc3)C(N)=CC2=O)cc1. The van der Waals surface area contributed by atoms with Gasteiger partial charge >= 0.3 is 0 Å². The maximum absolute atomic E-state index is 12.6. The predicted molar refractivity (Wildman–Crippen MR) is 151 cm³/mol. The van der Waals surface area contributed by atoms with Crippen molar-refractivity contribution in [3.63, 3.8) is 0 Å². The van der Waals surface area contributed by atoms with Gasteiger partial charge in [0.1, 0.15) is 0 Å². The molecule has 0 spiro atoms. The quantitative estimate of drug-likeness (QED) is 0.160. The smallest absolute Gasteiger partial charge is 0.204 e. The van der Waals surface area contributed by atoms with E-state index >= 15 is 0 Å². The summed E-state index contributed by atoms with van der Waals surface area (Å²) in [5.74, 6) is -0.210. The fourth-order valence-corrected chi connectivity index (χ4v) is 3.88. The van der Waals surface area contributed by atoms with Crippen LogP contribution in [0.5, 0.6) is 0 Å². The van der Waals surface area contributed by atoms with E-state index in [-0.39, 0.29) is 19.0 Å². The van der Waals surface area contributed by atoms with Crippen molar-refractivity contribution in [2.24, 2.45) is 10.7 Å². The van der Waals surface area contributed by atoms with E-state index < -0.39 is 0 Å². The zero-order valence-corrected chi connectivity index (χ0v) is 21.9. The van der Waals surface area contributed by atoms with Gasteiger partial charge in [-0.2, -0.15) is 0 Å². The second-order valence-electron chi connectivity index (χ2n) is 9.97. The summed E-state index contributed by atoms with van der Waals surface area (Å²) in [6, 6.07) is 15.2. The van der Waals surface area contributed by atoms with Crippen molar-refractivity contribution in [3.05, 3.63) is 72.1 Å². The third-order valence-electron chi connectivity index (χ3n) is 5.83. The molecule has 1 aliphatic carbocycles. The Hall–Kier alpha value is -3.66. The molecule has 0 saturated carbocycles. The summed E-state index contributed by atoms with van der Waals surface area (Å²) in [6.07, 6.45) is 4.11. The molecule has 2 aromatic carbocycles. The highest BCUT2D eigenvalue weighted by Gasteiger charge is 2.17. The first-order valence-electron chi connectivity index (χ1n) is 12.5. The summed E-state index contributed by atoms with van der Waals surface area (Å²) >= 11 is 0. The van der Waals surface area contributed by atoms with E-state index in [4.69, 9.17) is 5.73 Å². The van der Waals surface area contributed by atoms with Crippen LogP contribution in [0.1, 0.15) is 6.42 Å². The summed E-state index contributed by atoms with van der Waals surface area (Å²) in [5.41, 5.74) is 10.7. The van der Waals surface area contributed by atoms with E-state index in [0.29, 0.717) is 35.9 Å². The number of quaternary nitrogens is 1. The molecule has 1 aliphatic rings. The van der Waals surface area contributed by atoms with Crippen molar-refractivity contribution in [2.45, 2.75) is 6.42 Å². The molecule has 0 atom stereocenters. The summed E-state index contributed by atoms with van der Waals surface area (Å²) in [4.78, 5) is 19.1. The highest BCUT2D eigenvalue weighted by atomic mass is 16.3. The number of anilines is 3. The molecule has 9 nitrogen and oxygen atoms in total. The molecule has 0 heterocycles. The van der Waals surface area contributed by atoms with Crippen LogP contribution in [0, 0.1) is 0 Å². The van der Waals surface area contributed by atoms with Crippen LogP contribution in [0.2, 0.25) is 0 Å². The normalized spacial score (nSPS) is 14.8. The Kier molecular flexibility index (Phi) is 9.85. The van der Waals surface area contributed by atoms with Gasteiger partial charge in [-0.1, -0.05) is 0 Å². The van der Waals surface area contributed by atoms with Crippen molar-refractivity contribution in [1.29, 1.82) is 0 Å². The van der Waals surface area contributed by atoms with E-state index in [1.54, 1.807) is 6.08 Å². The maximum Gasteiger partial charge on any atom is 0.204 e. The number of rotatable bonds is 13. The average Bonchev–Trinajstić information content (AvgIpc) is 2.85. The number of ketones is 1. The van der Waals surface area contributed by atoms with Crippen LogP contribution < -0.4 is 21.3 Å². The molecule has 37 heavy (non-hydrogen) atoms. The zero-order valence-electron chi connectivity index (χ0n) is 21.9. The first-order valence-corrected chi connectivity index (χ1v) is 12.5. The molecule has 0 bridgehead atoms. The lowest BCUT2D eigenvalue weighted by Crippen LogP contribution is -2.36. The predicted octanol–water partition coefficient (Wildman–Crippen LogP) is 2.48. The average molecular weight is 508 g/mol. The van der Waals surface area contributed by atoms with Gasteiger partial charge in [0.2, 0.25) is 5.78 Å². The molecule has 198 valence electrons. The van der Waals surface area contributed by atoms with Crippen LogP contribution in [-0.4, -0.2) is 86.7 Å². The molecule has 0 amide bonds. The minimum absolute atomic E-state index is 0.00387. The van der Waals surface area contributed by atoms with Crippen LogP contribution >= 0.6 is 0 Å². The van der Waals surface area contributed by atoms with E-state index in [9.17, 15) is 15.0 Å². The van der Waals surface area contributed by atoms with Gasteiger partial charge in [0.05, 0.1) is 63.7 Å². The molecule has 0 aromatic heterocycles. The Bertz CT molecular complexity index is 1130. The number of carbonyl (C=O) groups excluding carboxylic acids is 1. The second kappa shape index (κ2) is 13.0. The molecule has 0 fully saturated rings. The topological polar surface area (TPSA) is 123 Å². The van der Waals surface area contributed by atoms with Gasteiger partial charge in [-0.25, -0.2) is 4.99 Å². The van der Waals surface area contributed by atoms with Crippen LogP contribution in [0.15, 0.2) is 77.1 Å². The van der Waals surface area contributed by atoms with Gasteiger partial charge in [0, 0.05) is 49.2 Å². The Labute approximate surface area is 219 Å². The minimum atomic E-state index is -0.210. The van der Waals surface area contributed by atoms with E-state index in [1.165, 1.54) is 6.08 Å². The van der Waals surface area contributed by atoms with Crippen LogP contribution in [0.25, 0.3) is 0 Å². The number of aliphatic imine (C=N–C) groups is 1. The molecule has 2 aromatic rings. The number of carbonyl (C=O) groups is 1. The van der Waals surface area contributed by atoms with Gasteiger partial charge in [-0.15, -0.1) is 0 Å². The number of aliphatic hydroxyl groups is 2. The highest BCUT2D eigenvalue weighted by Crippen LogP contribution is 2.23. The van der Waals surface area contributed by atoms with Crippen molar-refractivity contribution in [3.8, 4) is 0 Å². The lowest BCUT2D eigenvalue weighted by Gasteiger charge is -2.23. The molecule has 0 radical (unpaired) electrons. The number of benzene rings is 2. The Balaban J connectivity index is 1.67. The fourth-order valence-electron chi connectivity index (χ4n) is 3.88. The number of allylic oxidation sites excluding steroid dienone is 2. The van der Waals surface area contributed by atoms with Crippen LogP contribution in [0.4, 0.5) is 22.7 Å². The standard InChI is InChI=1S/C28H38N6O3/c1-34(2,3)16-4-13-30-21-5-7-22(8-6-21)32-27-20-26(25(29)19-28(27)37)31-23-9-11-24(12-10-23)33(14-17-35)15-18-36/h5-12,19-20,35-36H,4,13-18H2,1-3H3,(H3-,29,30,31,32,37)/p+1. The largest absolute Gasteiger partial charge is 0.397 e. The first kappa shape index (κ1) is 27.9. The summed E-state index contributed by atoms with van der Waals surface area (Å²) in [5, 5.41) is 25.1. The van der Waals surface area contributed by atoms with Crippen molar-refractivity contribution in [1.82, 2.24) is 0 Å². The van der Waals surface area contributed by atoms with Gasteiger partial charge in [0.15, 0.2) is 0 Å². The van der Waals surface area contributed by atoms with E-state index in [0.717, 1.165) is 41.1 Å². The van der Waals surface area contributed by atoms with Crippen molar-refractivity contribution in [2.75, 3.05) is 76.1 Å². The van der Waals surface area contributed by atoms with E-state index in [1.807, 2.05) is 53.4 Å². The second-order valence-corrected chi connectivity index (χ2v) is 9.97. The van der Waals surface area contributed by atoms with E-state index in [2.05, 4.69) is 36.8 Å². The molecule has 9 heteroatoms. The zero-order chi connectivity index (χ0) is 26.8. The molecular weight excluding hydrogens is 468 g/mol. The van der Waals surface area contributed by atoms with Crippen molar-refractivity contribution < 1.29 is 19.5 Å². The summed E-state index contributed by atoms with van der Waals surface area (Å²) in [7, 11) is 6.56. The van der Waals surface area contributed by atoms with Gasteiger partial charge < -0.3 is 36.0 Å². The molecular formula is C28H39N6O3+. The number of hydrogen-bond acceptors (Lipinski definition) is 8. The lowest BCUT2D eigenvalue weighted by molar-refractivity contribution is -0.870. The number of nitrogens with two attached hydrogens (primary N) is 1. The lowest BCUT2D eigenvalue weighted by atomic mass is 10.1. The Morgan fingerprint density at radius 2 is 1.54 bits per heavy atom. The van der Waals surface area contributed by atoms with Crippen LogP contribution in [-0.2, 0) is 4.79 Å². The molecule has 0 aliphatic heterocycles. The van der Waals surface area contributed by atoms with Crippen LogP contribution in [0.3, 0.4) is 0 Å². The first-order chi connectivity index (χ1) is 17.7. The highest BCUT2D eigenvalue weighted by molar-refractivity contribution is 6.23. The summed E-state index contributed by atoms with van der Waals surface area (Å²) < 4.78 is 0.942. The number of hydrogen-bond donors (Lipinski definition) is 5. The maximum atomic E-state index is 12.6. The number of nitrogens with one attached hydrogen (secondary N) is 2.